The second-order valence-electron chi connectivity index (χ2n) is 2.64. The highest BCUT2D eigenvalue weighted by atomic mass is 16.4. The van der Waals surface area contributed by atoms with E-state index in [0.717, 1.165) is 6.42 Å². The largest absolute Gasteiger partial charge is 0.481 e. The molecular formula is C7H15NO2. The summed E-state index contributed by atoms with van der Waals surface area (Å²) in [6.45, 7) is 3.64. The van der Waals surface area contributed by atoms with E-state index in [9.17, 15) is 4.79 Å². The van der Waals surface area contributed by atoms with Gasteiger partial charge in [-0.3, -0.25) is 4.79 Å². The van der Waals surface area contributed by atoms with Crippen molar-refractivity contribution >= 4 is 5.97 Å². The summed E-state index contributed by atoms with van der Waals surface area (Å²) in [5, 5.41) is 8.47. The average molecular weight is 145 g/mol. The van der Waals surface area contributed by atoms with Crippen molar-refractivity contribution in [2.45, 2.75) is 32.7 Å². The van der Waals surface area contributed by atoms with Gasteiger partial charge in [0.1, 0.15) is 0 Å². The monoisotopic (exact) mass is 145 g/mol. The minimum atomic E-state index is -0.760. The first-order valence-electron chi connectivity index (χ1n) is 3.56. The molecule has 0 spiro atoms. The predicted octanol–water partition coefficient (Wildman–Crippen LogP) is 0.834. The van der Waals surface area contributed by atoms with Crippen molar-refractivity contribution in [1.82, 2.24) is 0 Å². The molecule has 0 unspecified atom stereocenters. The van der Waals surface area contributed by atoms with Crippen LogP contribution in [0.1, 0.15) is 26.7 Å². The smallest absolute Gasteiger partial charge is 0.306 e. The number of hydrogen-bond acceptors (Lipinski definition) is 2. The Morgan fingerprint density at radius 1 is 1.70 bits per heavy atom. The highest BCUT2D eigenvalue weighted by Gasteiger charge is 2.13. The Balaban J connectivity index is 3.56. The highest BCUT2D eigenvalue weighted by molar-refractivity contribution is 5.69. The number of carboxylic acid groups (broad SMARTS) is 1. The highest BCUT2D eigenvalue weighted by Crippen LogP contribution is 2.06. The van der Waals surface area contributed by atoms with Gasteiger partial charge in [-0.25, -0.2) is 0 Å². The molecule has 0 aromatic rings. The summed E-state index contributed by atoms with van der Waals surface area (Å²) in [5.41, 5.74) is 5.55. The standard InChI is InChI=1S/C7H15NO2/c1-3-6(8)4-5(2)7(9)10/h5-6H,3-4,8H2,1-2H3,(H,9,10)/t5-,6-/m1/s1. The first-order chi connectivity index (χ1) is 4.57. The molecule has 0 rings (SSSR count). The number of carboxylic acids is 1. The van der Waals surface area contributed by atoms with Gasteiger partial charge in [0.05, 0.1) is 5.92 Å². The van der Waals surface area contributed by atoms with Crippen molar-refractivity contribution in [3.63, 3.8) is 0 Å². The molecule has 10 heavy (non-hydrogen) atoms. The van der Waals surface area contributed by atoms with Crippen LogP contribution in [0.2, 0.25) is 0 Å². The third kappa shape index (κ3) is 3.45. The van der Waals surface area contributed by atoms with E-state index in [2.05, 4.69) is 0 Å². The third-order valence-electron chi connectivity index (χ3n) is 1.60. The zero-order valence-corrected chi connectivity index (χ0v) is 6.50. The summed E-state index contributed by atoms with van der Waals surface area (Å²) in [7, 11) is 0. The van der Waals surface area contributed by atoms with Crippen molar-refractivity contribution < 1.29 is 9.90 Å². The third-order valence-corrected chi connectivity index (χ3v) is 1.60. The fourth-order valence-electron chi connectivity index (χ4n) is 0.722. The summed E-state index contributed by atoms with van der Waals surface area (Å²) in [5.74, 6) is -1.07. The number of nitrogens with two attached hydrogens (primary N) is 1. The van der Waals surface area contributed by atoms with Gasteiger partial charge in [0.15, 0.2) is 0 Å². The predicted molar refractivity (Wildman–Crippen MR) is 39.7 cm³/mol. The van der Waals surface area contributed by atoms with Crippen molar-refractivity contribution in [2.24, 2.45) is 11.7 Å². The number of carbonyl (C=O) groups is 1. The van der Waals surface area contributed by atoms with Gasteiger partial charge in [-0.2, -0.15) is 0 Å². The summed E-state index contributed by atoms with van der Waals surface area (Å²) < 4.78 is 0. The van der Waals surface area contributed by atoms with E-state index in [1.54, 1.807) is 6.92 Å². The van der Waals surface area contributed by atoms with Crippen LogP contribution in [0.5, 0.6) is 0 Å². The minimum Gasteiger partial charge on any atom is -0.481 e. The molecule has 0 aliphatic carbocycles. The van der Waals surface area contributed by atoms with Gasteiger partial charge in [-0.05, 0) is 12.8 Å². The maximum absolute atomic E-state index is 10.3. The van der Waals surface area contributed by atoms with Crippen molar-refractivity contribution in [3.05, 3.63) is 0 Å². The van der Waals surface area contributed by atoms with Gasteiger partial charge in [-0.1, -0.05) is 13.8 Å². The summed E-state index contributed by atoms with van der Waals surface area (Å²) >= 11 is 0. The molecular weight excluding hydrogens is 130 g/mol. The van der Waals surface area contributed by atoms with E-state index in [0.29, 0.717) is 6.42 Å². The molecule has 0 aromatic heterocycles. The maximum atomic E-state index is 10.3. The maximum Gasteiger partial charge on any atom is 0.306 e. The van der Waals surface area contributed by atoms with Crippen LogP contribution >= 0.6 is 0 Å². The van der Waals surface area contributed by atoms with E-state index in [1.165, 1.54) is 0 Å². The average Bonchev–Trinajstić information content (AvgIpc) is 1.87. The van der Waals surface area contributed by atoms with Crippen LogP contribution in [0.15, 0.2) is 0 Å². The van der Waals surface area contributed by atoms with Crippen LogP contribution in [0.4, 0.5) is 0 Å². The van der Waals surface area contributed by atoms with E-state index in [-0.39, 0.29) is 12.0 Å². The molecule has 0 heterocycles. The first-order valence-corrected chi connectivity index (χ1v) is 3.56. The number of rotatable bonds is 4. The molecule has 0 fully saturated rings. The lowest BCUT2D eigenvalue weighted by Gasteiger charge is -2.10. The van der Waals surface area contributed by atoms with Crippen LogP contribution in [-0.2, 0) is 4.79 Å². The Bertz CT molecular complexity index is 114. The van der Waals surface area contributed by atoms with Crippen LogP contribution in [0.3, 0.4) is 0 Å². The lowest BCUT2D eigenvalue weighted by atomic mass is 10.0. The molecule has 0 radical (unpaired) electrons. The zero-order chi connectivity index (χ0) is 8.15. The minimum absolute atomic E-state index is 0.0334. The number of hydrogen-bond donors (Lipinski definition) is 2. The number of aliphatic carboxylic acids is 1. The Labute approximate surface area is 61.2 Å². The lowest BCUT2D eigenvalue weighted by Crippen LogP contribution is -2.24. The van der Waals surface area contributed by atoms with E-state index in [4.69, 9.17) is 10.8 Å². The topological polar surface area (TPSA) is 63.3 Å². The van der Waals surface area contributed by atoms with Crippen molar-refractivity contribution in [3.8, 4) is 0 Å². The van der Waals surface area contributed by atoms with Gasteiger partial charge < -0.3 is 10.8 Å². The molecule has 0 aliphatic heterocycles. The van der Waals surface area contributed by atoms with Gasteiger partial charge in [0.25, 0.3) is 0 Å². The molecule has 3 heteroatoms. The van der Waals surface area contributed by atoms with Gasteiger partial charge in [0.2, 0.25) is 0 Å². The fourth-order valence-corrected chi connectivity index (χ4v) is 0.722. The molecule has 3 N–H and O–H groups in total. The van der Waals surface area contributed by atoms with Crippen molar-refractivity contribution in [2.75, 3.05) is 0 Å². The fraction of sp³-hybridized carbons (Fsp3) is 0.857. The molecule has 2 atom stereocenters. The SMILES string of the molecule is CC[C@@H](N)C[C@@H](C)C(=O)O. The van der Waals surface area contributed by atoms with Gasteiger partial charge in [-0.15, -0.1) is 0 Å². The Morgan fingerprint density at radius 3 is 2.50 bits per heavy atom. The van der Waals surface area contributed by atoms with Gasteiger partial charge in [0, 0.05) is 6.04 Å². The normalized spacial score (nSPS) is 16.3. The molecule has 0 saturated carbocycles. The van der Waals surface area contributed by atoms with Crippen LogP contribution in [0.25, 0.3) is 0 Å². The molecule has 0 aliphatic rings. The van der Waals surface area contributed by atoms with Crippen LogP contribution in [0, 0.1) is 5.92 Å². The molecule has 0 saturated heterocycles. The summed E-state index contributed by atoms with van der Waals surface area (Å²) in [6, 6.07) is 0.0334. The molecule has 60 valence electrons. The molecule has 0 aromatic carbocycles. The van der Waals surface area contributed by atoms with Crippen LogP contribution in [-0.4, -0.2) is 17.1 Å². The second kappa shape index (κ2) is 4.28. The second-order valence-corrected chi connectivity index (χ2v) is 2.64. The zero-order valence-electron chi connectivity index (χ0n) is 6.50. The quantitative estimate of drug-likeness (QED) is 0.616. The Morgan fingerprint density at radius 2 is 2.20 bits per heavy atom. The van der Waals surface area contributed by atoms with Crippen molar-refractivity contribution in [1.29, 1.82) is 0 Å². The van der Waals surface area contributed by atoms with Gasteiger partial charge >= 0.3 is 5.97 Å². The Kier molecular flexibility index (Phi) is 4.03. The molecule has 0 bridgehead atoms. The molecule has 0 amide bonds. The lowest BCUT2D eigenvalue weighted by molar-refractivity contribution is -0.141. The van der Waals surface area contributed by atoms with E-state index < -0.39 is 5.97 Å². The van der Waals surface area contributed by atoms with Crippen LogP contribution < -0.4 is 5.73 Å². The van der Waals surface area contributed by atoms with E-state index >= 15 is 0 Å². The summed E-state index contributed by atoms with van der Waals surface area (Å²) in [4.78, 5) is 10.3. The van der Waals surface area contributed by atoms with E-state index in [1.807, 2.05) is 6.92 Å². The summed E-state index contributed by atoms with van der Waals surface area (Å²) in [6.07, 6.45) is 1.42. The Hall–Kier alpha value is -0.570. The molecule has 3 nitrogen and oxygen atoms in total. The first kappa shape index (κ1) is 9.43.